The zero-order valence-electron chi connectivity index (χ0n) is 18.8. The number of amides is 3. The van der Waals surface area contributed by atoms with Gasteiger partial charge in [-0.05, 0) is 49.4 Å². The van der Waals surface area contributed by atoms with Gasteiger partial charge in [0.1, 0.15) is 17.6 Å². The molecule has 10 heteroatoms. The molecule has 0 spiro atoms. The van der Waals surface area contributed by atoms with Gasteiger partial charge in [-0.1, -0.05) is 25.4 Å². The van der Waals surface area contributed by atoms with Gasteiger partial charge in [0.05, 0.1) is 10.6 Å². The van der Waals surface area contributed by atoms with Crippen molar-refractivity contribution in [2.45, 2.75) is 46.2 Å². The lowest BCUT2D eigenvalue weighted by molar-refractivity contribution is -0.127. The molecule has 0 aliphatic carbocycles. The molecule has 0 saturated heterocycles. The number of benzene rings is 1. The van der Waals surface area contributed by atoms with Crippen LogP contribution in [0.15, 0.2) is 18.2 Å². The van der Waals surface area contributed by atoms with E-state index in [9.17, 15) is 23.6 Å². The summed E-state index contributed by atoms with van der Waals surface area (Å²) in [4.78, 5) is 51.0. The Bertz CT molecular complexity index is 1140. The molecule has 1 aromatic heterocycles. The van der Waals surface area contributed by atoms with Gasteiger partial charge in [-0.15, -0.1) is 0 Å². The molecule has 0 radical (unpaired) electrons. The molecule has 33 heavy (non-hydrogen) atoms. The molecule has 176 valence electrons. The molecule has 3 amide bonds. The lowest BCUT2D eigenvalue weighted by Crippen LogP contribution is -2.50. The molecule has 1 aromatic carbocycles. The third kappa shape index (κ3) is 4.78. The number of Topliss-reactive ketones (excluding diaryl/α,β-unsaturated/α-hetero) is 1. The summed E-state index contributed by atoms with van der Waals surface area (Å²) in [5, 5.41) is 7.53. The Morgan fingerprint density at radius 2 is 1.88 bits per heavy atom. The molecule has 1 aliphatic rings. The number of aromatic nitrogens is 1. The number of anilines is 1. The number of hydrogen-bond acceptors (Lipinski definition) is 4. The number of nitrogens with zero attached hydrogens (tertiary/aromatic N) is 1. The third-order valence-electron chi connectivity index (χ3n) is 5.72. The topological polar surface area (TPSA) is 109 Å². The van der Waals surface area contributed by atoms with Crippen LogP contribution < -0.4 is 16.0 Å². The van der Waals surface area contributed by atoms with Crippen LogP contribution in [-0.2, 0) is 22.6 Å². The van der Waals surface area contributed by atoms with Crippen molar-refractivity contribution in [2.75, 3.05) is 12.4 Å². The summed E-state index contributed by atoms with van der Waals surface area (Å²) in [6.45, 7) is 5.65. The molecule has 2 heterocycles. The summed E-state index contributed by atoms with van der Waals surface area (Å²) >= 11 is 5.80. The maximum atomic E-state index is 13.4. The lowest BCUT2D eigenvalue weighted by Gasteiger charge is -2.20. The number of rotatable bonds is 7. The largest absolute Gasteiger partial charge is 0.357 e. The fourth-order valence-electron chi connectivity index (χ4n) is 4.09. The number of carbonyl (C=O) groups is 4. The van der Waals surface area contributed by atoms with Crippen molar-refractivity contribution in [1.82, 2.24) is 15.2 Å². The SMILES string of the molecule is CNC(=O)[C@@H](NC(=O)C(=O)c1c(C)c(C(=O)Nc2ccc(F)c(Cl)c2)n2c1CCC2)C(C)C. The highest BCUT2D eigenvalue weighted by Crippen LogP contribution is 2.30. The summed E-state index contributed by atoms with van der Waals surface area (Å²) in [6, 6.07) is 2.95. The Balaban J connectivity index is 1.91. The van der Waals surface area contributed by atoms with E-state index in [-0.39, 0.29) is 22.2 Å². The second-order valence-electron chi connectivity index (χ2n) is 8.27. The molecule has 3 rings (SSSR count). The fraction of sp³-hybridized carbons (Fsp3) is 0.391. The Kier molecular flexibility index (Phi) is 7.22. The second kappa shape index (κ2) is 9.74. The number of hydrogen-bond donors (Lipinski definition) is 3. The number of nitrogens with one attached hydrogen (secondary N) is 3. The van der Waals surface area contributed by atoms with Crippen molar-refractivity contribution in [1.29, 1.82) is 0 Å². The molecular formula is C23H26ClFN4O4. The van der Waals surface area contributed by atoms with Crippen LogP contribution in [0.1, 0.15) is 52.4 Å². The summed E-state index contributed by atoms with van der Waals surface area (Å²) in [6.07, 6.45) is 1.25. The zero-order valence-corrected chi connectivity index (χ0v) is 19.6. The average molecular weight is 477 g/mol. The summed E-state index contributed by atoms with van der Waals surface area (Å²) in [5.41, 5.74) is 1.71. The van der Waals surface area contributed by atoms with Gasteiger partial charge in [0.2, 0.25) is 5.91 Å². The molecule has 0 bridgehead atoms. The molecule has 0 fully saturated rings. The molecule has 1 atom stereocenters. The summed E-state index contributed by atoms with van der Waals surface area (Å²) in [7, 11) is 1.45. The highest BCUT2D eigenvalue weighted by molar-refractivity contribution is 6.44. The van der Waals surface area contributed by atoms with Crippen molar-refractivity contribution in [2.24, 2.45) is 5.92 Å². The van der Waals surface area contributed by atoms with Crippen molar-refractivity contribution >= 4 is 40.8 Å². The lowest BCUT2D eigenvalue weighted by atomic mass is 10.00. The van der Waals surface area contributed by atoms with Crippen LogP contribution >= 0.6 is 11.6 Å². The molecule has 0 unspecified atom stereocenters. The quantitative estimate of drug-likeness (QED) is 0.421. The Morgan fingerprint density at radius 1 is 1.18 bits per heavy atom. The van der Waals surface area contributed by atoms with Crippen LogP contribution in [0.3, 0.4) is 0 Å². The van der Waals surface area contributed by atoms with Crippen molar-refractivity contribution in [3.8, 4) is 0 Å². The van der Waals surface area contributed by atoms with E-state index in [1.807, 2.05) is 0 Å². The Labute approximate surface area is 195 Å². The first kappa shape index (κ1) is 24.4. The van der Waals surface area contributed by atoms with Gasteiger partial charge in [-0.3, -0.25) is 19.2 Å². The van der Waals surface area contributed by atoms with E-state index in [0.29, 0.717) is 36.3 Å². The van der Waals surface area contributed by atoms with Gasteiger partial charge in [0, 0.05) is 25.0 Å². The van der Waals surface area contributed by atoms with Crippen molar-refractivity contribution in [3.63, 3.8) is 0 Å². The zero-order chi connectivity index (χ0) is 24.4. The van der Waals surface area contributed by atoms with E-state index in [1.165, 1.54) is 19.2 Å². The van der Waals surface area contributed by atoms with Gasteiger partial charge < -0.3 is 20.5 Å². The number of fused-ring (bicyclic) bond motifs is 1. The van der Waals surface area contributed by atoms with Gasteiger partial charge in [0.25, 0.3) is 17.6 Å². The Morgan fingerprint density at radius 3 is 2.48 bits per heavy atom. The van der Waals surface area contributed by atoms with E-state index < -0.39 is 35.4 Å². The van der Waals surface area contributed by atoms with E-state index in [0.717, 1.165) is 6.07 Å². The monoisotopic (exact) mass is 476 g/mol. The van der Waals surface area contributed by atoms with Crippen LogP contribution in [-0.4, -0.2) is 41.2 Å². The smallest absolute Gasteiger partial charge is 0.293 e. The molecule has 3 N–H and O–H groups in total. The molecule has 2 aromatic rings. The number of likely N-dealkylation sites (N-methyl/N-ethyl adjacent to an activating group) is 1. The van der Waals surface area contributed by atoms with Gasteiger partial charge in [0.15, 0.2) is 0 Å². The number of ketones is 1. The molecule has 1 aliphatic heterocycles. The van der Waals surface area contributed by atoms with E-state index in [1.54, 1.807) is 25.3 Å². The molecule has 8 nitrogen and oxygen atoms in total. The van der Waals surface area contributed by atoms with Gasteiger partial charge >= 0.3 is 0 Å². The highest BCUT2D eigenvalue weighted by atomic mass is 35.5. The minimum Gasteiger partial charge on any atom is -0.357 e. The van der Waals surface area contributed by atoms with Crippen LogP contribution in [0.4, 0.5) is 10.1 Å². The number of halogens is 2. The van der Waals surface area contributed by atoms with Gasteiger partial charge in [-0.25, -0.2) is 4.39 Å². The summed E-state index contributed by atoms with van der Waals surface area (Å²) in [5.74, 6) is -3.43. The fourth-order valence-corrected chi connectivity index (χ4v) is 4.27. The van der Waals surface area contributed by atoms with E-state index >= 15 is 0 Å². The van der Waals surface area contributed by atoms with Crippen LogP contribution in [0.5, 0.6) is 0 Å². The van der Waals surface area contributed by atoms with E-state index in [4.69, 9.17) is 11.6 Å². The maximum absolute atomic E-state index is 13.4. The van der Waals surface area contributed by atoms with Crippen LogP contribution in [0.25, 0.3) is 0 Å². The molecular weight excluding hydrogens is 451 g/mol. The average Bonchev–Trinajstić information content (AvgIpc) is 3.32. The van der Waals surface area contributed by atoms with Gasteiger partial charge in [-0.2, -0.15) is 0 Å². The first-order valence-electron chi connectivity index (χ1n) is 10.6. The predicted molar refractivity (Wildman–Crippen MR) is 122 cm³/mol. The second-order valence-corrected chi connectivity index (χ2v) is 8.68. The summed E-state index contributed by atoms with van der Waals surface area (Å²) < 4.78 is 15.2. The first-order valence-corrected chi connectivity index (χ1v) is 11.0. The number of carbonyl (C=O) groups excluding carboxylic acids is 4. The molecule has 0 saturated carbocycles. The minimum absolute atomic E-state index is 0.131. The normalized spacial score (nSPS) is 13.4. The standard InChI is InChI=1S/C23H26ClFN4O4/c1-11(2)18(21(31)26-4)28-23(33)20(30)17-12(3)19(29-9-5-6-16(17)29)22(32)27-13-7-8-15(25)14(24)10-13/h7-8,10-11,18H,5-6,9H2,1-4H3,(H,26,31)(H,27,32)(H,28,33)/t18-/m0/s1. The highest BCUT2D eigenvalue weighted by Gasteiger charge is 2.34. The predicted octanol–water partition coefficient (Wildman–Crippen LogP) is 2.86. The Hall–Kier alpha value is -3.20. The maximum Gasteiger partial charge on any atom is 0.293 e. The van der Waals surface area contributed by atoms with E-state index in [2.05, 4.69) is 16.0 Å². The first-order chi connectivity index (χ1) is 15.6. The minimum atomic E-state index is -0.905. The van der Waals surface area contributed by atoms with Crippen LogP contribution in [0.2, 0.25) is 5.02 Å². The van der Waals surface area contributed by atoms with Crippen molar-refractivity contribution < 1.29 is 23.6 Å². The van der Waals surface area contributed by atoms with Crippen LogP contribution in [0, 0.1) is 18.7 Å². The van der Waals surface area contributed by atoms with Crippen molar-refractivity contribution in [3.05, 3.63) is 51.6 Å². The third-order valence-corrected chi connectivity index (χ3v) is 6.01.